The number of nitriles is 2. The van der Waals surface area contributed by atoms with Gasteiger partial charge < -0.3 is 9.13 Å². The molecule has 0 radical (unpaired) electrons. The summed E-state index contributed by atoms with van der Waals surface area (Å²) in [6.45, 7) is 16.7. The third kappa shape index (κ3) is 8.40. The lowest BCUT2D eigenvalue weighted by Crippen LogP contribution is -2.07. The summed E-state index contributed by atoms with van der Waals surface area (Å²) in [5, 5.41) is 26.2. The molecular formula is C71H53F3N4. The van der Waals surface area contributed by atoms with Crippen molar-refractivity contribution in [3.63, 3.8) is 0 Å². The molecule has 0 fully saturated rings. The molecule has 10 aromatic carbocycles. The van der Waals surface area contributed by atoms with Crippen LogP contribution >= 0.6 is 0 Å². The van der Waals surface area contributed by atoms with Gasteiger partial charge in [-0.1, -0.05) is 144 Å². The molecule has 0 saturated heterocycles. The van der Waals surface area contributed by atoms with Crippen LogP contribution in [0.2, 0.25) is 0 Å². The predicted molar refractivity (Wildman–Crippen MR) is 315 cm³/mol. The SMILES string of the molecule is Cc1ccc(-c2ccc3c4ccc(-c5ccc(C)cc5C)cc4n(-c4cc(-c5cc(C#N)cc(C(F)(F)F)c5)cc(-n5c6cc(-c7ccc(C)cc7C)ccc6c6ccc(-c7ccc(C)cc7C)cc65)c4C#N)c3c2)c(C)c1. The number of aromatic nitrogens is 2. The van der Waals surface area contributed by atoms with Crippen LogP contribution in [0.5, 0.6) is 0 Å². The highest BCUT2D eigenvalue weighted by Crippen LogP contribution is 2.45. The summed E-state index contributed by atoms with van der Waals surface area (Å²) in [6.07, 6.45) is -4.75. The van der Waals surface area contributed by atoms with Gasteiger partial charge in [-0.25, -0.2) is 0 Å². The Hall–Kier alpha value is -9.43. The highest BCUT2D eigenvalue weighted by molar-refractivity contribution is 6.13. The first-order valence-corrected chi connectivity index (χ1v) is 26.1. The number of hydrogen-bond acceptors (Lipinski definition) is 2. The van der Waals surface area contributed by atoms with E-state index in [9.17, 15) is 23.7 Å². The van der Waals surface area contributed by atoms with Crippen molar-refractivity contribution in [1.82, 2.24) is 9.13 Å². The maximum absolute atomic E-state index is 15.0. The monoisotopic (exact) mass is 1020 g/mol. The zero-order valence-electron chi connectivity index (χ0n) is 44.7. The quantitative estimate of drug-likeness (QED) is 0.160. The number of alkyl halides is 3. The fourth-order valence-electron chi connectivity index (χ4n) is 12.0. The minimum Gasteiger partial charge on any atom is -0.308 e. The summed E-state index contributed by atoms with van der Waals surface area (Å²) >= 11 is 0. The van der Waals surface area contributed by atoms with Gasteiger partial charge in [0, 0.05) is 21.5 Å². The number of fused-ring (bicyclic) bond motifs is 6. The molecule has 4 nitrogen and oxygen atoms in total. The highest BCUT2D eigenvalue weighted by atomic mass is 19.4. The third-order valence-corrected chi connectivity index (χ3v) is 15.7. The summed E-state index contributed by atoms with van der Waals surface area (Å²) < 4.78 is 49.2. The van der Waals surface area contributed by atoms with Crippen molar-refractivity contribution in [2.45, 2.75) is 61.6 Å². The smallest absolute Gasteiger partial charge is 0.308 e. The molecule has 378 valence electrons. The van der Waals surface area contributed by atoms with Crippen LogP contribution in [0.3, 0.4) is 0 Å². The summed E-state index contributed by atoms with van der Waals surface area (Å²) in [4.78, 5) is 0. The molecule has 0 bridgehead atoms. The van der Waals surface area contributed by atoms with Gasteiger partial charge in [0.1, 0.15) is 11.6 Å². The molecule has 2 aromatic heterocycles. The van der Waals surface area contributed by atoms with Gasteiger partial charge in [-0.15, -0.1) is 0 Å². The molecule has 7 heteroatoms. The Bertz CT molecular complexity index is 4140. The van der Waals surface area contributed by atoms with Crippen LogP contribution in [0.15, 0.2) is 176 Å². The van der Waals surface area contributed by atoms with Gasteiger partial charge in [0.2, 0.25) is 0 Å². The number of hydrogen-bond donors (Lipinski definition) is 0. The summed E-state index contributed by atoms with van der Waals surface area (Å²) in [5.41, 5.74) is 21.2. The molecule has 12 aromatic rings. The number of aryl methyl sites for hydroxylation is 8. The molecule has 0 spiro atoms. The fourth-order valence-corrected chi connectivity index (χ4v) is 12.0. The first kappa shape index (κ1) is 49.4. The lowest BCUT2D eigenvalue weighted by molar-refractivity contribution is -0.137. The van der Waals surface area contributed by atoms with Crippen LogP contribution in [0, 0.1) is 78.1 Å². The second-order valence-corrected chi connectivity index (χ2v) is 21.3. The third-order valence-electron chi connectivity index (χ3n) is 15.7. The Labute approximate surface area is 452 Å². The Morgan fingerprint density at radius 1 is 0.333 bits per heavy atom. The maximum atomic E-state index is 15.0. The van der Waals surface area contributed by atoms with E-state index < -0.39 is 11.7 Å². The zero-order chi connectivity index (χ0) is 54.5. The molecule has 0 saturated carbocycles. The summed E-state index contributed by atoms with van der Waals surface area (Å²) in [6, 6.07) is 63.3. The number of benzene rings is 10. The van der Waals surface area contributed by atoms with Crippen molar-refractivity contribution in [2.75, 3.05) is 0 Å². The number of rotatable bonds is 7. The average Bonchev–Trinajstić information content (AvgIpc) is 4.08. The van der Waals surface area contributed by atoms with E-state index in [1.54, 1.807) is 0 Å². The maximum Gasteiger partial charge on any atom is 0.416 e. The zero-order valence-corrected chi connectivity index (χ0v) is 44.7. The van der Waals surface area contributed by atoms with Crippen molar-refractivity contribution >= 4 is 43.6 Å². The van der Waals surface area contributed by atoms with Crippen LogP contribution < -0.4 is 0 Å². The van der Waals surface area contributed by atoms with Crippen LogP contribution in [0.25, 0.3) is 111 Å². The minimum absolute atomic E-state index is 0.131. The first-order valence-electron chi connectivity index (χ1n) is 26.1. The van der Waals surface area contributed by atoms with E-state index in [0.717, 1.165) is 145 Å². The van der Waals surface area contributed by atoms with E-state index in [1.807, 2.05) is 18.2 Å². The molecule has 0 atom stereocenters. The van der Waals surface area contributed by atoms with Crippen molar-refractivity contribution < 1.29 is 13.2 Å². The Kier molecular flexibility index (Phi) is 11.8. The number of nitrogens with zero attached hydrogens (tertiary/aromatic N) is 4. The van der Waals surface area contributed by atoms with E-state index >= 15 is 0 Å². The van der Waals surface area contributed by atoms with E-state index in [0.29, 0.717) is 22.5 Å². The second kappa shape index (κ2) is 18.7. The van der Waals surface area contributed by atoms with Crippen LogP contribution in [0.1, 0.15) is 61.2 Å². The van der Waals surface area contributed by atoms with Crippen LogP contribution in [-0.4, -0.2) is 9.13 Å². The lowest BCUT2D eigenvalue weighted by Gasteiger charge is -2.20. The van der Waals surface area contributed by atoms with Gasteiger partial charge in [-0.3, -0.25) is 0 Å². The topological polar surface area (TPSA) is 57.4 Å². The van der Waals surface area contributed by atoms with Gasteiger partial charge >= 0.3 is 6.18 Å². The van der Waals surface area contributed by atoms with E-state index in [4.69, 9.17) is 0 Å². The van der Waals surface area contributed by atoms with E-state index in [-0.39, 0.29) is 11.1 Å². The Morgan fingerprint density at radius 2 is 0.654 bits per heavy atom. The van der Waals surface area contributed by atoms with Crippen molar-refractivity contribution in [1.29, 1.82) is 10.5 Å². The first-order chi connectivity index (χ1) is 37.5. The van der Waals surface area contributed by atoms with E-state index in [1.165, 1.54) is 6.07 Å². The molecule has 12 rings (SSSR count). The van der Waals surface area contributed by atoms with Gasteiger partial charge in [-0.05, 0) is 188 Å². The molecular weight excluding hydrogens is 966 g/mol. The summed E-state index contributed by atoms with van der Waals surface area (Å²) in [7, 11) is 0. The molecule has 0 unspecified atom stereocenters. The van der Waals surface area contributed by atoms with Crippen LogP contribution in [-0.2, 0) is 6.18 Å². The standard InChI is InChI=1S/C71H53F3N4/c1-40-9-17-56(44(5)25-40)49-13-21-60-61-22-14-50(57-18-10-41(2)26-45(57)6)33-66(61)77(65(60)32-49)69-36-54(53-29-48(38-75)30-55(31-53)71(72,73)74)37-70(64(69)39-76)78-67-34-51(58-19-11-42(3)27-46(58)7)15-23-62(67)63-24-16-52(35-68(63)78)59-20-12-43(4)28-47(59)8/h9-37H,1-8H3. The molecule has 0 aliphatic heterocycles. The molecule has 0 amide bonds. The van der Waals surface area contributed by atoms with Gasteiger partial charge in [-0.2, -0.15) is 23.7 Å². The second-order valence-electron chi connectivity index (χ2n) is 21.3. The van der Waals surface area contributed by atoms with Gasteiger partial charge in [0.25, 0.3) is 0 Å². The van der Waals surface area contributed by atoms with E-state index in [2.05, 4.69) is 216 Å². The highest BCUT2D eigenvalue weighted by Gasteiger charge is 2.32. The molecule has 0 N–H and O–H groups in total. The Balaban J connectivity index is 1.26. The van der Waals surface area contributed by atoms with Crippen LogP contribution in [0.4, 0.5) is 13.2 Å². The Morgan fingerprint density at radius 3 is 0.936 bits per heavy atom. The normalized spacial score (nSPS) is 11.8. The van der Waals surface area contributed by atoms with Gasteiger partial charge in [0.05, 0.1) is 50.6 Å². The molecule has 78 heavy (non-hydrogen) atoms. The molecule has 0 aliphatic rings. The predicted octanol–water partition coefficient (Wildman–Crippen LogP) is 19.4. The largest absolute Gasteiger partial charge is 0.416 e. The molecule has 0 aliphatic carbocycles. The van der Waals surface area contributed by atoms with Crippen molar-refractivity contribution in [3.05, 3.63) is 237 Å². The number of halogens is 3. The minimum atomic E-state index is -4.75. The van der Waals surface area contributed by atoms with Crippen molar-refractivity contribution in [2.24, 2.45) is 0 Å². The molecule has 2 heterocycles. The van der Waals surface area contributed by atoms with Gasteiger partial charge in [0.15, 0.2) is 0 Å². The average molecular weight is 1020 g/mol. The lowest BCUT2D eigenvalue weighted by atomic mass is 9.96. The fraction of sp³-hybridized carbons (Fsp3) is 0.127. The summed E-state index contributed by atoms with van der Waals surface area (Å²) in [5.74, 6) is 0. The van der Waals surface area contributed by atoms with Crippen molar-refractivity contribution in [3.8, 4) is 79.1 Å².